The van der Waals surface area contributed by atoms with Crippen molar-refractivity contribution < 1.29 is 9.18 Å². The summed E-state index contributed by atoms with van der Waals surface area (Å²) in [7, 11) is 0. The van der Waals surface area contributed by atoms with Crippen LogP contribution in [0.1, 0.15) is 29.9 Å². The highest BCUT2D eigenvalue weighted by molar-refractivity contribution is 6.07. The van der Waals surface area contributed by atoms with Crippen LogP contribution < -0.4 is 5.32 Å². The number of hydrogen-bond acceptors (Lipinski definition) is 4. The fourth-order valence-electron chi connectivity index (χ4n) is 2.81. The Morgan fingerprint density at radius 2 is 1.82 bits per heavy atom. The zero-order chi connectivity index (χ0) is 20.3. The van der Waals surface area contributed by atoms with Crippen LogP contribution in [0.4, 0.5) is 10.2 Å². The molecule has 0 spiro atoms. The molecule has 3 N–H and O–H groups in total. The molecule has 3 rings (SSSR count). The summed E-state index contributed by atoms with van der Waals surface area (Å²) in [5.74, 6) is -0.992. The van der Waals surface area contributed by atoms with Crippen molar-refractivity contribution in [2.75, 3.05) is 5.32 Å². The lowest BCUT2D eigenvalue weighted by Gasteiger charge is -2.23. The van der Waals surface area contributed by atoms with Crippen molar-refractivity contribution in [3.05, 3.63) is 71.7 Å². The Morgan fingerprint density at radius 1 is 1.14 bits per heavy atom. The zero-order valence-electron chi connectivity index (χ0n) is 15.5. The van der Waals surface area contributed by atoms with Gasteiger partial charge in [0.1, 0.15) is 17.3 Å². The lowest BCUT2D eigenvalue weighted by Crippen LogP contribution is -2.36. The van der Waals surface area contributed by atoms with Crippen LogP contribution in [0.25, 0.3) is 10.8 Å². The highest BCUT2D eigenvalue weighted by atomic mass is 19.1. The zero-order valence-corrected chi connectivity index (χ0v) is 15.5. The van der Waals surface area contributed by atoms with Gasteiger partial charge in [-0.3, -0.25) is 15.6 Å². The minimum atomic E-state index is -0.618. The first-order chi connectivity index (χ1) is 13.4. The number of carbonyl (C=O) groups excluding carboxylic acids is 1. The van der Waals surface area contributed by atoms with Crippen molar-refractivity contribution in [1.29, 1.82) is 10.8 Å². The smallest absolute Gasteiger partial charge is 0.259 e. The molecule has 0 aliphatic heterocycles. The summed E-state index contributed by atoms with van der Waals surface area (Å²) in [5, 5.41) is 19.7. The fraction of sp³-hybridized carbons (Fsp3) is 0.143. The van der Waals surface area contributed by atoms with Crippen LogP contribution >= 0.6 is 0 Å². The van der Waals surface area contributed by atoms with Gasteiger partial charge >= 0.3 is 0 Å². The minimum absolute atomic E-state index is 0.0398. The number of benzene rings is 2. The Bertz CT molecular complexity index is 1060. The number of carbonyl (C=O) groups is 1. The van der Waals surface area contributed by atoms with Gasteiger partial charge in [-0.25, -0.2) is 9.37 Å². The predicted octanol–water partition coefficient (Wildman–Crippen LogP) is 4.27. The number of rotatable bonds is 5. The average molecular weight is 377 g/mol. The summed E-state index contributed by atoms with van der Waals surface area (Å²) in [5.41, 5.74) is 0.221. The van der Waals surface area contributed by atoms with Crippen molar-refractivity contribution in [1.82, 2.24) is 9.88 Å². The summed E-state index contributed by atoms with van der Waals surface area (Å²) >= 11 is 0. The summed E-state index contributed by atoms with van der Waals surface area (Å²) in [6.07, 6.45) is 1.06. The number of nitrogens with one attached hydrogen (secondary N) is 3. The van der Waals surface area contributed by atoms with Gasteiger partial charge in [0.25, 0.3) is 5.91 Å². The maximum absolute atomic E-state index is 14.4. The Labute approximate surface area is 162 Å². The molecule has 0 atom stereocenters. The molecule has 0 bridgehead atoms. The number of anilines is 1. The molecule has 0 radical (unpaired) electrons. The van der Waals surface area contributed by atoms with Gasteiger partial charge < -0.3 is 10.2 Å². The average Bonchev–Trinajstić information content (AvgIpc) is 2.67. The molecular weight excluding hydrogens is 357 g/mol. The third kappa shape index (κ3) is 3.88. The van der Waals surface area contributed by atoms with Crippen LogP contribution in [0.3, 0.4) is 0 Å². The lowest BCUT2D eigenvalue weighted by atomic mass is 10.1. The van der Waals surface area contributed by atoms with Gasteiger partial charge in [-0.05, 0) is 48.9 Å². The van der Waals surface area contributed by atoms with Crippen molar-refractivity contribution in [2.24, 2.45) is 0 Å². The first-order valence-electron chi connectivity index (χ1n) is 8.75. The van der Waals surface area contributed by atoms with Gasteiger partial charge in [-0.1, -0.05) is 30.3 Å². The molecule has 2 aromatic carbocycles. The Kier molecular flexibility index (Phi) is 5.44. The molecule has 0 aliphatic carbocycles. The molecule has 1 heterocycles. The van der Waals surface area contributed by atoms with Crippen LogP contribution in [-0.4, -0.2) is 34.0 Å². The van der Waals surface area contributed by atoms with Crippen LogP contribution in [0.5, 0.6) is 0 Å². The van der Waals surface area contributed by atoms with Crippen molar-refractivity contribution in [3.63, 3.8) is 0 Å². The standard InChI is InChI=1S/C21H20FN5O/c1-13(2)27(12-23)20(24)18-8-5-9-19(25-18)26-21(28)16-10-14-6-3-4-7-15(14)11-17(16)22/h3-13,23-24H,1-2H3,(H,25,26,28). The molecule has 1 aromatic heterocycles. The molecular formula is C21H20FN5O. The summed E-state index contributed by atoms with van der Waals surface area (Å²) in [6.45, 7) is 3.71. The van der Waals surface area contributed by atoms with E-state index in [2.05, 4.69) is 10.3 Å². The first kappa shape index (κ1) is 19.2. The van der Waals surface area contributed by atoms with E-state index in [9.17, 15) is 9.18 Å². The van der Waals surface area contributed by atoms with Gasteiger partial charge in [-0.15, -0.1) is 0 Å². The number of halogens is 1. The quantitative estimate of drug-likeness (QED) is 0.458. The second-order valence-corrected chi connectivity index (χ2v) is 6.52. The Hall–Kier alpha value is -3.61. The summed E-state index contributed by atoms with van der Waals surface area (Å²) in [4.78, 5) is 18.3. The third-order valence-electron chi connectivity index (χ3n) is 4.27. The highest BCUT2D eigenvalue weighted by Gasteiger charge is 2.17. The lowest BCUT2D eigenvalue weighted by molar-refractivity contribution is 0.102. The van der Waals surface area contributed by atoms with E-state index in [1.54, 1.807) is 30.3 Å². The molecule has 28 heavy (non-hydrogen) atoms. The molecule has 0 unspecified atom stereocenters. The third-order valence-corrected chi connectivity index (χ3v) is 4.27. The van der Waals surface area contributed by atoms with Gasteiger partial charge in [0.15, 0.2) is 5.84 Å². The summed E-state index contributed by atoms with van der Waals surface area (Å²) in [6, 6.07) is 14.8. The fourth-order valence-corrected chi connectivity index (χ4v) is 2.81. The molecule has 0 fully saturated rings. The molecule has 6 nitrogen and oxygen atoms in total. The van der Waals surface area contributed by atoms with E-state index in [0.29, 0.717) is 11.1 Å². The molecule has 7 heteroatoms. The molecule has 0 aliphatic rings. The number of hydrogen-bond donors (Lipinski definition) is 3. The van der Waals surface area contributed by atoms with Crippen molar-refractivity contribution in [2.45, 2.75) is 19.9 Å². The Balaban J connectivity index is 1.86. The second kappa shape index (κ2) is 7.96. The number of pyridine rings is 1. The van der Waals surface area contributed by atoms with Crippen molar-refractivity contribution >= 4 is 34.7 Å². The van der Waals surface area contributed by atoms with Gasteiger partial charge in [0.05, 0.1) is 11.9 Å². The van der Waals surface area contributed by atoms with E-state index in [1.165, 1.54) is 17.0 Å². The SMILES string of the molecule is CC(C)N(C=N)C(=N)c1cccc(NC(=O)c2cc3ccccc3cc2F)n1. The van der Waals surface area contributed by atoms with Crippen LogP contribution in [-0.2, 0) is 0 Å². The van der Waals surface area contributed by atoms with E-state index < -0.39 is 11.7 Å². The number of fused-ring (bicyclic) bond motifs is 1. The largest absolute Gasteiger partial charge is 0.314 e. The van der Waals surface area contributed by atoms with Gasteiger partial charge in [-0.2, -0.15) is 0 Å². The molecule has 0 saturated carbocycles. The van der Waals surface area contributed by atoms with Gasteiger partial charge in [0, 0.05) is 6.04 Å². The second-order valence-electron chi connectivity index (χ2n) is 6.52. The molecule has 142 valence electrons. The van der Waals surface area contributed by atoms with Crippen LogP contribution in [0.15, 0.2) is 54.6 Å². The summed E-state index contributed by atoms with van der Waals surface area (Å²) < 4.78 is 14.4. The maximum atomic E-state index is 14.4. The maximum Gasteiger partial charge on any atom is 0.259 e. The number of aromatic nitrogens is 1. The predicted molar refractivity (Wildman–Crippen MR) is 109 cm³/mol. The van der Waals surface area contributed by atoms with E-state index >= 15 is 0 Å². The van der Waals surface area contributed by atoms with E-state index in [1.807, 2.05) is 26.0 Å². The number of amidine groups is 1. The van der Waals surface area contributed by atoms with Gasteiger partial charge in [0.2, 0.25) is 0 Å². The molecule has 1 amide bonds. The Morgan fingerprint density at radius 3 is 2.46 bits per heavy atom. The molecule has 0 saturated heterocycles. The van der Waals surface area contributed by atoms with Crippen LogP contribution in [0, 0.1) is 16.6 Å². The topological polar surface area (TPSA) is 92.9 Å². The minimum Gasteiger partial charge on any atom is -0.314 e. The van der Waals surface area contributed by atoms with E-state index in [-0.39, 0.29) is 23.3 Å². The van der Waals surface area contributed by atoms with E-state index in [0.717, 1.165) is 11.7 Å². The van der Waals surface area contributed by atoms with E-state index in [4.69, 9.17) is 10.8 Å². The molecule has 3 aromatic rings. The van der Waals surface area contributed by atoms with Crippen molar-refractivity contribution in [3.8, 4) is 0 Å². The number of nitrogens with zero attached hydrogens (tertiary/aromatic N) is 2. The number of amides is 1. The monoisotopic (exact) mass is 377 g/mol. The highest BCUT2D eigenvalue weighted by Crippen LogP contribution is 2.20. The van der Waals surface area contributed by atoms with Crippen LogP contribution in [0.2, 0.25) is 0 Å². The normalized spacial score (nSPS) is 10.7. The first-order valence-corrected chi connectivity index (χ1v) is 8.75.